The van der Waals surface area contributed by atoms with Crippen LogP contribution in [-0.2, 0) is 0 Å². The number of hydrogen-bond donors (Lipinski definition) is 0. The van der Waals surface area contributed by atoms with Gasteiger partial charge in [-0.05, 0) is 61.9 Å². The summed E-state index contributed by atoms with van der Waals surface area (Å²) in [5.41, 5.74) is 2.27. The quantitative estimate of drug-likeness (QED) is 0.164. The zero-order chi connectivity index (χ0) is 22.1. The van der Waals surface area contributed by atoms with Gasteiger partial charge in [0.1, 0.15) is 0 Å². The van der Waals surface area contributed by atoms with Crippen LogP contribution in [-0.4, -0.2) is 35.3 Å². The van der Waals surface area contributed by atoms with Gasteiger partial charge in [0.15, 0.2) is 5.78 Å². The number of benzene rings is 1. The lowest BCUT2D eigenvalue weighted by Gasteiger charge is -2.37. The molecule has 3 nitrogen and oxygen atoms in total. The van der Waals surface area contributed by atoms with E-state index in [-0.39, 0.29) is 5.78 Å². The Kier molecular flexibility index (Phi) is 9.02. The third kappa shape index (κ3) is 6.36. The summed E-state index contributed by atoms with van der Waals surface area (Å²) in [6.45, 7) is 13.9. The van der Waals surface area contributed by atoms with Gasteiger partial charge in [0, 0.05) is 23.7 Å². The van der Waals surface area contributed by atoms with Gasteiger partial charge in [-0.25, -0.2) is 0 Å². The van der Waals surface area contributed by atoms with Crippen LogP contribution in [0.5, 0.6) is 0 Å². The second kappa shape index (κ2) is 12.0. The topological polar surface area (TPSA) is 33.2 Å². The van der Waals surface area contributed by atoms with Gasteiger partial charge in [-0.2, -0.15) is 0 Å². The van der Waals surface area contributed by atoms with Crippen molar-refractivity contribution in [1.29, 1.82) is 0 Å². The lowest BCUT2D eigenvalue weighted by atomic mass is 9.80. The van der Waals surface area contributed by atoms with Crippen molar-refractivity contribution in [1.82, 2.24) is 9.88 Å². The van der Waals surface area contributed by atoms with Gasteiger partial charge >= 0.3 is 0 Å². The van der Waals surface area contributed by atoms with E-state index in [2.05, 4.69) is 36.0 Å². The molecule has 3 heteroatoms. The van der Waals surface area contributed by atoms with Crippen molar-refractivity contribution in [2.45, 2.75) is 58.3 Å². The van der Waals surface area contributed by atoms with E-state index in [1.807, 2.05) is 30.3 Å². The van der Waals surface area contributed by atoms with E-state index >= 15 is 0 Å². The zero-order valence-electron chi connectivity index (χ0n) is 19.2. The summed E-state index contributed by atoms with van der Waals surface area (Å²) in [6.07, 6.45) is 13.7. The fourth-order valence-corrected chi connectivity index (χ4v) is 4.83. The predicted molar refractivity (Wildman–Crippen MR) is 131 cm³/mol. The predicted octanol–water partition coefficient (Wildman–Crippen LogP) is 6.85. The SMILES string of the molecule is C=CC1CN(CCCCCCCC)CCC1CC(=C)C(=O)c1ccnc2ccccc12. The average Bonchev–Trinajstić information content (AvgIpc) is 2.81. The fraction of sp³-hybridized carbons (Fsp3) is 0.500. The Morgan fingerprint density at radius 3 is 2.74 bits per heavy atom. The van der Waals surface area contributed by atoms with Crippen LogP contribution in [0, 0.1) is 11.8 Å². The van der Waals surface area contributed by atoms with Crippen molar-refractivity contribution >= 4 is 16.7 Å². The lowest BCUT2D eigenvalue weighted by molar-refractivity contribution is 0.101. The van der Waals surface area contributed by atoms with Crippen LogP contribution in [0.15, 0.2) is 61.3 Å². The third-order valence-electron chi connectivity index (χ3n) is 6.74. The molecule has 1 saturated heterocycles. The van der Waals surface area contributed by atoms with Gasteiger partial charge in [0.2, 0.25) is 0 Å². The lowest BCUT2D eigenvalue weighted by Crippen LogP contribution is -2.40. The third-order valence-corrected chi connectivity index (χ3v) is 6.74. The molecule has 0 bridgehead atoms. The molecule has 1 aromatic heterocycles. The number of Topliss-reactive ketones (excluding diaryl/α,β-unsaturated/α-hetero) is 1. The van der Waals surface area contributed by atoms with Crippen LogP contribution in [0.1, 0.15) is 68.6 Å². The molecule has 0 amide bonds. The van der Waals surface area contributed by atoms with Crippen molar-refractivity contribution in [2.75, 3.05) is 19.6 Å². The van der Waals surface area contributed by atoms with Crippen LogP contribution in [0.25, 0.3) is 10.9 Å². The molecule has 1 aromatic carbocycles. The van der Waals surface area contributed by atoms with Gasteiger partial charge in [-0.1, -0.05) is 69.9 Å². The highest BCUT2D eigenvalue weighted by Gasteiger charge is 2.29. The summed E-state index contributed by atoms with van der Waals surface area (Å²) in [5, 5.41) is 0.908. The summed E-state index contributed by atoms with van der Waals surface area (Å²) in [5.74, 6) is 0.923. The number of carbonyl (C=O) groups excluding carboxylic acids is 1. The van der Waals surface area contributed by atoms with Crippen molar-refractivity contribution in [3.05, 3.63) is 66.9 Å². The number of likely N-dealkylation sites (tertiary alicyclic amines) is 1. The second-order valence-corrected chi connectivity index (χ2v) is 9.03. The van der Waals surface area contributed by atoms with Crippen molar-refractivity contribution in [2.24, 2.45) is 11.8 Å². The Hall–Kier alpha value is -2.26. The summed E-state index contributed by atoms with van der Waals surface area (Å²) in [7, 11) is 0. The second-order valence-electron chi connectivity index (χ2n) is 9.03. The number of aromatic nitrogens is 1. The number of pyridine rings is 1. The first-order valence-corrected chi connectivity index (χ1v) is 12.0. The molecule has 2 unspecified atom stereocenters. The first-order chi connectivity index (χ1) is 15.1. The maximum Gasteiger partial charge on any atom is 0.189 e. The van der Waals surface area contributed by atoms with Crippen LogP contribution in [0.4, 0.5) is 0 Å². The summed E-state index contributed by atoms with van der Waals surface area (Å²) in [4.78, 5) is 20.1. The van der Waals surface area contributed by atoms with Crippen LogP contribution in [0.3, 0.4) is 0 Å². The Labute approximate surface area is 188 Å². The molecule has 0 N–H and O–H groups in total. The zero-order valence-corrected chi connectivity index (χ0v) is 19.2. The Balaban J connectivity index is 1.53. The highest BCUT2D eigenvalue weighted by atomic mass is 16.1. The molecule has 2 atom stereocenters. The van der Waals surface area contributed by atoms with E-state index in [1.54, 1.807) is 6.20 Å². The minimum Gasteiger partial charge on any atom is -0.303 e. The van der Waals surface area contributed by atoms with E-state index in [0.717, 1.165) is 36.8 Å². The maximum absolute atomic E-state index is 13.2. The Morgan fingerprint density at radius 2 is 1.94 bits per heavy atom. The Morgan fingerprint density at radius 1 is 1.16 bits per heavy atom. The minimum absolute atomic E-state index is 0.0518. The molecule has 0 saturated carbocycles. The number of unbranched alkanes of at least 4 members (excludes halogenated alkanes) is 5. The fourth-order valence-electron chi connectivity index (χ4n) is 4.83. The largest absolute Gasteiger partial charge is 0.303 e. The van der Waals surface area contributed by atoms with Crippen LogP contribution < -0.4 is 0 Å². The molecule has 0 spiro atoms. The van der Waals surface area contributed by atoms with E-state index in [0.29, 0.717) is 23.0 Å². The molecule has 2 aromatic rings. The minimum atomic E-state index is 0.0518. The summed E-state index contributed by atoms with van der Waals surface area (Å²) >= 11 is 0. The highest BCUT2D eigenvalue weighted by Crippen LogP contribution is 2.31. The van der Waals surface area contributed by atoms with Crippen molar-refractivity contribution < 1.29 is 4.79 Å². The molecule has 31 heavy (non-hydrogen) atoms. The number of carbonyl (C=O) groups is 1. The molecule has 166 valence electrons. The molecular weight excluding hydrogens is 380 g/mol. The van der Waals surface area contributed by atoms with Gasteiger partial charge in [0.05, 0.1) is 5.52 Å². The smallest absolute Gasteiger partial charge is 0.189 e. The number of ketones is 1. The van der Waals surface area contributed by atoms with Gasteiger partial charge in [-0.15, -0.1) is 6.58 Å². The van der Waals surface area contributed by atoms with Crippen LogP contribution >= 0.6 is 0 Å². The van der Waals surface area contributed by atoms with Gasteiger partial charge in [-0.3, -0.25) is 9.78 Å². The number of hydrogen-bond acceptors (Lipinski definition) is 3. The van der Waals surface area contributed by atoms with Crippen molar-refractivity contribution in [3.8, 4) is 0 Å². The molecular formula is C28H38N2O. The first-order valence-electron chi connectivity index (χ1n) is 12.0. The molecule has 2 heterocycles. The van der Waals surface area contributed by atoms with E-state index in [9.17, 15) is 4.79 Å². The van der Waals surface area contributed by atoms with Crippen molar-refractivity contribution in [3.63, 3.8) is 0 Å². The normalized spacial score (nSPS) is 19.4. The van der Waals surface area contributed by atoms with Gasteiger partial charge in [0.25, 0.3) is 0 Å². The monoisotopic (exact) mass is 418 g/mol. The average molecular weight is 419 g/mol. The standard InChI is InChI=1S/C28H38N2O/c1-4-6-7-8-9-12-18-30-19-16-24(23(5-2)21-30)20-22(3)28(31)26-15-17-29-27-14-11-10-13-25(26)27/h5,10-11,13-15,17,23-24H,2-4,6-9,12,16,18-21H2,1H3. The van der Waals surface area contributed by atoms with Crippen LogP contribution in [0.2, 0.25) is 0 Å². The first kappa shape index (κ1) is 23.4. The number of allylic oxidation sites excluding steroid dienone is 1. The summed E-state index contributed by atoms with van der Waals surface area (Å²) < 4.78 is 0. The molecule has 0 radical (unpaired) electrons. The van der Waals surface area contributed by atoms with E-state index in [4.69, 9.17) is 0 Å². The highest BCUT2D eigenvalue weighted by molar-refractivity contribution is 6.15. The van der Waals surface area contributed by atoms with E-state index in [1.165, 1.54) is 45.1 Å². The molecule has 1 fully saturated rings. The molecule has 0 aliphatic carbocycles. The van der Waals surface area contributed by atoms with Gasteiger partial charge < -0.3 is 4.90 Å². The number of fused-ring (bicyclic) bond motifs is 1. The Bertz CT molecular complexity index is 882. The number of para-hydroxylation sites is 1. The maximum atomic E-state index is 13.2. The van der Waals surface area contributed by atoms with E-state index < -0.39 is 0 Å². The number of nitrogens with zero attached hydrogens (tertiary/aromatic N) is 2. The molecule has 3 rings (SSSR count). The molecule has 1 aliphatic heterocycles. The summed E-state index contributed by atoms with van der Waals surface area (Å²) in [6, 6.07) is 9.64. The number of rotatable bonds is 12. The molecule has 1 aliphatic rings. The number of piperidine rings is 1.